The molecule has 220 valence electrons. The summed E-state index contributed by atoms with van der Waals surface area (Å²) in [4.78, 5) is 4.55. The summed E-state index contributed by atoms with van der Waals surface area (Å²) >= 11 is 0. The van der Waals surface area contributed by atoms with Crippen LogP contribution in [0.1, 0.15) is 58.6 Å². The number of nitrogens with zero attached hydrogens (tertiary/aromatic N) is 2. The van der Waals surface area contributed by atoms with Gasteiger partial charge in [-0.2, -0.15) is 0 Å². The van der Waals surface area contributed by atoms with E-state index in [2.05, 4.69) is 146 Å². The van der Waals surface area contributed by atoms with Crippen molar-refractivity contribution in [3.63, 3.8) is 0 Å². The monoisotopic (exact) mass is 566 g/mol. The highest BCUT2D eigenvalue weighted by molar-refractivity contribution is 5.77. The lowest BCUT2D eigenvalue weighted by molar-refractivity contribution is 0.761. The molecule has 0 bridgehead atoms. The van der Waals surface area contributed by atoms with Gasteiger partial charge >= 0.3 is 0 Å². The van der Waals surface area contributed by atoms with E-state index in [0.717, 1.165) is 35.6 Å². The van der Waals surface area contributed by atoms with Gasteiger partial charge in [0.2, 0.25) is 0 Å². The number of allylic oxidation sites excluding steroid dienone is 11. The van der Waals surface area contributed by atoms with E-state index in [9.17, 15) is 0 Å². The number of benzene rings is 2. The van der Waals surface area contributed by atoms with E-state index >= 15 is 0 Å². The highest BCUT2D eigenvalue weighted by Gasteiger charge is 2.22. The average molecular weight is 567 g/mol. The zero-order valence-electron chi connectivity index (χ0n) is 26.6. The molecular formula is C41H46N2. The fourth-order valence-corrected chi connectivity index (χ4v) is 5.15. The van der Waals surface area contributed by atoms with Crippen molar-refractivity contribution in [2.75, 3.05) is 9.80 Å². The molecule has 3 rings (SSSR count). The number of rotatable bonds is 13. The standard InChI is InChI=1S/C41H46N2/c1-8-13-15-17-23-38(12-5)42(34(7)21-16-14-9-2)39-29-25-36(26-30-39)37-27-31-40(32-28-37)43(33(6)20-10-3)41-24-19-18-22-35(41)11-4/h9-10,12,14,16-31,40H,6-7,11,15,32H2,1-5H3/b14-9-,20-10-,21-16-,23-17-,38-12+/t40-/m0/s1. The van der Waals surface area contributed by atoms with Gasteiger partial charge in [0.15, 0.2) is 0 Å². The normalized spacial score (nSPS) is 15.2. The van der Waals surface area contributed by atoms with Crippen molar-refractivity contribution in [1.82, 2.24) is 0 Å². The van der Waals surface area contributed by atoms with Crippen molar-refractivity contribution >= 4 is 16.9 Å². The Morgan fingerprint density at radius 3 is 2.33 bits per heavy atom. The highest BCUT2D eigenvalue weighted by Crippen LogP contribution is 2.33. The van der Waals surface area contributed by atoms with Gasteiger partial charge in [-0.25, -0.2) is 0 Å². The van der Waals surface area contributed by atoms with Gasteiger partial charge in [0.05, 0.1) is 6.04 Å². The zero-order chi connectivity index (χ0) is 31.0. The molecule has 0 saturated heterocycles. The van der Waals surface area contributed by atoms with Gasteiger partial charge in [-0.05, 0) is 93.7 Å². The van der Waals surface area contributed by atoms with Crippen LogP contribution in [0.5, 0.6) is 0 Å². The van der Waals surface area contributed by atoms with Crippen LogP contribution in [0.25, 0.3) is 5.57 Å². The molecule has 0 amide bonds. The average Bonchev–Trinajstić information content (AvgIpc) is 3.03. The number of anilines is 2. The minimum absolute atomic E-state index is 0.198. The molecule has 2 heteroatoms. The summed E-state index contributed by atoms with van der Waals surface area (Å²) in [6, 6.07) is 17.6. The number of aryl methyl sites for hydroxylation is 1. The summed E-state index contributed by atoms with van der Waals surface area (Å²) < 4.78 is 0. The molecule has 2 aromatic carbocycles. The lowest BCUT2D eigenvalue weighted by Gasteiger charge is -2.35. The highest BCUT2D eigenvalue weighted by atomic mass is 15.2. The molecule has 1 atom stereocenters. The summed E-state index contributed by atoms with van der Waals surface area (Å²) in [5.74, 6) is 6.06. The Balaban J connectivity index is 1.88. The molecule has 2 nitrogen and oxygen atoms in total. The van der Waals surface area contributed by atoms with Crippen LogP contribution >= 0.6 is 0 Å². The van der Waals surface area contributed by atoms with Crippen molar-refractivity contribution in [3.8, 4) is 11.8 Å². The van der Waals surface area contributed by atoms with Crippen LogP contribution in [0.2, 0.25) is 0 Å². The Morgan fingerprint density at radius 1 is 0.930 bits per heavy atom. The minimum Gasteiger partial charge on any atom is -0.335 e. The van der Waals surface area contributed by atoms with Crippen LogP contribution in [0.4, 0.5) is 11.4 Å². The third kappa shape index (κ3) is 8.87. The Kier molecular flexibility index (Phi) is 13.2. The van der Waals surface area contributed by atoms with Crippen LogP contribution in [0, 0.1) is 11.8 Å². The second kappa shape index (κ2) is 17.3. The fraction of sp³-hybridized carbons (Fsp3) is 0.220. The molecule has 43 heavy (non-hydrogen) atoms. The van der Waals surface area contributed by atoms with E-state index in [1.807, 2.05) is 45.1 Å². The Morgan fingerprint density at radius 2 is 1.70 bits per heavy atom. The van der Waals surface area contributed by atoms with Gasteiger partial charge in [-0.15, -0.1) is 5.92 Å². The van der Waals surface area contributed by atoms with Gasteiger partial charge in [-0.1, -0.05) is 111 Å². The van der Waals surface area contributed by atoms with E-state index in [4.69, 9.17) is 0 Å². The first-order valence-corrected chi connectivity index (χ1v) is 15.2. The van der Waals surface area contributed by atoms with Crippen LogP contribution in [0.15, 0.2) is 152 Å². The lowest BCUT2D eigenvalue weighted by atomic mass is 9.95. The number of hydrogen-bond donors (Lipinski definition) is 0. The third-order valence-electron chi connectivity index (χ3n) is 7.29. The topological polar surface area (TPSA) is 6.48 Å². The van der Waals surface area contributed by atoms with Gasteiger partial charge in [0.25, 0.3) is 0 Å². The van der Waals surface area contributed by atoms with Crippen LogP contribution in [0.3, 0.4) is 0 Å². The molecule has 0 saturated carbocycles. The predicted octanol–water partition coefficient (Wildman–Crippen LogP) is 10.9. The molecule has 0 N–H and O–H groups in total. The molecule has 1 aliphatic carbocycles. The first kappa shape index (κ1) is 32.8. The first-order valence-electron chi connectivity index (χ1n) is 15.2. The largest absolute Gasteiger partial charge is 0.335 e. The SMILES string of the molecule is C=C(/C=C\C=C/C)N(C(/C=C\CC#CC)=C/C)c1ccc(C2=CC[C@@H](N(C(=C)/C=C\C)c3ccccc3CC)C=C2)cc1. The predicted molar refractivity (Wildman–Crippen MR) is 191 cm³/mol. The van der Waals surface area contributed by atoms with E-state index in [-0.39, 0.29) is 6.04 Å². The van der Waals surface area contributed by atoms with Gasteiger partial charge in [0.1, 0.15) is 0 Å². The molecule has 0 unspecified atom stereocenters. The second-order valence-electron chi connectivity index (χ2n) is 10.2. The molecule has 0 aliphatic heterocycles. The maximum absolute atomic E-state index is 4.41. The summed E-state index contributed by atoms with van der Waals surface area (Å²) in [6.45, 7) is 19.0. The minimum atomic E-state index is 0.198. The summed E-state index contributed by atoms with van der Waals surface area (Å²) in [7, 11) is 0. The summed E-state index contributed by atoms with van der Waals surface area (Å²) in [5.41, 5.74) is 8.96. The zero-order valence-corrected chi connectivity index (χ0v) is 26.6. The van der Waals surface area contributed by atoms with Crippen LogP contribution in [-0.4, -0.2) is 6.04 Å². The summed E-state index contributed by atoms with van der Waals surface area (Å²) in [6.07, 6.45) is 28.0. The fourth-order valence-electron chi connectivity index (χ4n) is 5.15. The van der Waals surface area contributed by atoms with Crippen molar-refractivity contribution < 1.29 is 0 Å². The molecule has 0 spiro atoms. The molecule has 1 aliphatic rings. The molecule has 0 heterocycles. The number of hydrogen-bond acceptors (Lipinski definition) is 2. The Hall–Kier alpha value is -4.74. The lowest BCUT2D eigenvalue weighted by Crippen LogP contribution is -2.33. The Labute approximate surface area is 260 Å². The second-order valence-corrected chi connectivity index (χ2v) is 10.2. The first-order chi connectivity index (χ1) is 21.0. The van der Waals surface area contributed by atoms with Gasteiger partial charge < -0.3 is 9.80 Å². The molecule has 0 aromatic heterocycles. The third-order valence-corrected chi connectivity index (χ3v) is 7.29. The molecule has 2 aromatic rings. The maximum atomic E-state index is 4.41. The van der Waals surface area contributed by atoms with E-state index in [1.165, 1.54) is 22.4 Å². The molecular weight excluding hydrogens is 520 g/mol. The van der Waals surface area contributed by atoms with Crippen molar-refractivity contribution in [3.05, 3.63) is 163 Å². The van der Waals surface area contributed by atoms with Crippen LogP contribution < -0.4 is 9.80 Å². The van der Waals surface area contributed by atoms with Crippen LogP contribution in [-0.2, 0) is 6.42 Å². The van der Waals surface area contributed by atoms with E-state index in [0.29, 0.717) is 6.42 Å². The Bertz CT molecular complexity index is 1520. The van der Waals surface area contributed by atoms with Crippen molar-refractivity contribution in [2.45, 2.75) is 59.9 Å². The van der Waals surface area contributed by atoms with Crippen molar-refractivity contribution in [1.29, 1.82) is 0 Å². The smallest absolute Gasteiger partial charge is 0.0560 e. The molecule has 0 fully saturated rings. The van der Waals surface area contributed by atoms with E-state index < -0.39 is 0 Å². The quantitative estimate of drug-likeness (QED) is 0.176. The maximum Gasteiger partial charge on any atom is 0.0560 e. The van der Waals surface area contributed by atoms with E-state index in [1.54, 1.807) is 0 Å². The number of para-hydroxylation sites is 1. The van der Waals surface area contributed by atoms with Crippen molar-refractivity contribution in [2.24, 2.45) is 0 Å². The summed E-state index contributed by atoms with van der Waals surface area (Å²) in [5, 5.41) is 0. The van der Waals surface area contributed by atoms with Gasteiger partial charge in [0, 0.05) is 34.9 Å². The van der Waals surface area contributed by atoms with Gasteiger partial charge in [-0.3, -0.25) is 0 Å². The molecule has 0 radical (unpaired) electrons.